The van der Waals surface area contributed by atoms with Crippen LogP contribution in [0, 0.1) is 12.7 Å². The van der Waals surface area contributed by atoms with Gasteiger partial charge in [0.25, 0.3) is 0 Å². The van der Waals surface area contributed by atoms with Gasteiger partial charge in [0.1, 0.15) is 11.6 Å². The number of halogens is 1. The van der Waals surface area contributed by atoms with Gasteiger partial charge in [-0.2, -0.15) is 0 Å². The summed E-state index contributed by atoms with van der Waals surface area (Å²) < 4.78 is 13.6. The van der Waals surface area contributed by atoms with Crippen molar-refractivity contribution in [3.05, 3.63) is 47.7 Å². The molecule has 3 nitrogen and oxygen atoms in total. The van der Waals surface area contributed by atoms with E-state index in [1.807, 2.05) is 6.92 Å². The first-order chi connectivity index (χ1) is 8.20. The molecule has 0 unspecified atom stereocenters. The maximum absolute atomic E-state index is 13.6. The van der Waals surface area contributed by atoms with Crippen LogP contribution in [0.25, 0.3) is 11.3 Å². The van der Waals surface area contributed by atoms with Gasteiger partial charge in [-0.15, -0.1) is 0 Å². The lowest BCUT2D eigenvalue weighted by molar-refractivity contribution is 0.630. The molecule has 0 bridgehead atoms. The fourth-order valence-electron chi connectivity index (χ4n) is 1.68. The summed E-state index contributed by atoms with van der Waals surface area (Å²) in [6.07, 6.45) is 0.600. The van der Waals surface area contributed by atoms with Gasteiger partial charge in [0, 0.05) is 17.7 Å². The Bertz CT molecular complexity index is 526. The van der Waals surface area contributed by atoms with E-state index < -0.39 is 0 Å². The van der Waals surface area contributed by atoms with Crippen LogP contribution in [0.15, 0.2) is 30.3 Å². The van der Waals surface area contributed by atoms with Crippen molar-refractivity contribution < 1.29 is 4.39 Å². The van der Waals surface area contributed by atoms with Crippen molar-refractivity contribution in [3.8, 4) is 11.3 Å². The number of hydrogen-bond donors (Lipinski definition) is 1. The Morgan fingerprint density at radius 1 is 1.24 bits per heavy atom. The third kappa shape index (κ3) is 2.65. The van der Waals surface area contributed by atoms with Gasteiger partial charge in [0.15, 0.2) is 0 Å². The first kappa shape index (κ1) is 11.7. The molecule has 2 N–H and O–H groups in total. The predicted octanol–water partition coefficient (Wildman–Crippen LogP) is 2.09. The van der Waals surface area contributed by atoms with Crippen LogP contribution < -0.4 is 5.73 Å². The van der Waals surface area contributed by atoms with E-state index in [1.165, 1.54) is 6.07 Å². The van der Waals surface area contributed by atoms with Gasteiger partial charge < -0.3 is 5.73 Å². The number of aryl methyl sites for hydroxylation is 1. The van der Waals surface area contributed by atoms with Gasteiger partial charge in [-0.1, -0.05) is 12.1 Å². The fraction of sp³-hybridized carbons (Fsp3) is 0.231. The number of benzene rings is 1. The molecule has 0 radical (unpaired) electrons. The summed E-state index contributed by atoms with van der Waals surface area (Å²) >= 11 is 0. The summed E-state index contributed by atoms with van der Waals surface area (Å²) in [4.78, 5) is 8.59. The van der Waals surface area contributed by atoms with E-state index in [4.69, 9.17) is 5.73 Å². The van der Waals surface area contributed by atoms with Gasteiger partial charge >= 0.3 is 0 Å². The van der Waals surface area contributed by atoms with Crippen molar-refractivity contribution in [2.24, 2.45) is 5.73 Å². The Hall–Kier alpha value is -1.81. The number of nitrogens with two attached hydrogens (primary N) is 1. The van der Waals surface area contributed by atoms with Crippen molar-refractivity contribution in [3.63, 3.8) is 0 Å². The molecule has 1 aromatic carbocycles. The van der Waals surface area contributed by atoms with Crippen LogP contribution in [0.5, 0.6) is 0 Å². The monoisotopic (exact) mass is 231 g/mol. The average Bonchev–Trinajstić information content (AvgIpc) is 2.29. The maximum atomic E-state index is 13.6. The summed E-state index contributed by atoms with van der Waals surface area (Å²) in [5.41, 5.74) is 7.40. The van der Waals surface area contributed by atoms with Gasteiger partial charge in [-0.05, 0) is 31.7 Å². The number of rotatable bonds is 3. The second-order valence-corrected chi connectivity index (χ2v) is 3.83. The molecule has 0 aliphatic heterocycles. The van der Waals surface area contributed by atoms with Crippen LogP contribution in [0.4, 0.5) is 4.39 Å². The zero-order chi connectivity index (χ0) is 12.3. The van der Waals surface area contributed by atoms with Crippen LogP contribution in [-0.2, 0) is 6.42 Å². The molecule has 0 atom stereocenters. The number of nitrogens with zero attached hydrogens (tertiary/aromatic N) is 2. The molecule has 1 aromatic heterocycles. The summed E-state index contributed by atoms with van der Waals surface area (Å²) in [7, 11) is 0. The van der Waals surface area contributed by atoms with E-state index in [9.17, 15) is 4.39 Å². The molecule has 17 heavy (non-hydrogen) atoms. The molecule has 0 amide bonds. The molecule has 0 spiro atoms. The predicted molar refractivity (Wildman–Crippen MR) is 64.9 cm³/mol. The lowest BCUT2D eigenvalue weighted by Gasteiger charge is -2.06. The van der Waals surface area contributed by atoms with Gasteiger partial charge in [0.05, 0.1) is 5.69 Å². The average molecular weight is 231 g/mol. The van der Waals surface area contributed by atoms with E-state index in [2.05, 4.69) is 9.97 Å². The molecule has 4 heteroatoms. The molecule has 0 aliphatic rings. The van der Waals surface area contributed by atoms with E-state index in [1.54, 1.807) is 24.3 Å². The molecule has 1 heterocycles. The minimum Gasteiger partial charge on any atom is -0.330 e. The Morgan fingerprint density at radius 3 is 2.71 bits per heavy atom. The summed E-state index contributed by atoms with van der Waals surface area (Å²) in [5.74, 6) is 0.384. The minimum atomic E-state index is -0.274. The van der Waals surface area contributed by atoms with Crippen molar-refractivity contribution in [2.75, 3.05) is 6.54 Å². The summed E-state index contributed by atoms with van der Waals surface area (Å²) in [5, 5.41) is 0. The molecule has 2 aromatic rings. The lowest BCUT2D eigenvalue weighted by Crippen LogP contribution is -2.08. The Morgan fingerprint density at radius 2 is 2.00 bits per heavy atom. The molecular weight excluding hydrogens is 217 g/mol. The van der Waals surface area contributed by atoms with Crippen LogP contribution in [0.3, 0.4) is 0 Å². The third-order valence-electron chi connectivity index (χ3n) is 2.42. The van der Waals surface area contributed by atoms with Crippen molar-refractivity contribution in [2.45, 2.75) is 13.3 Å². The SMILES string of the molecule is Cc1cc(-c2ccccc2F)nc(CCN)n1. The third-order valence-corrected chi connectivity index (χ3v) is 2.42. The highest BCUT2D eigenvalue weighted by Gasteiger charge is 2.08. The standard InChI is InChI=1S/C13H14FN3/c1-9-8-12(17-13(16-9)6-7-15)10-4-2-3-5-11(10)14/h2-5,8H,6-7,15H2,1H3. The van der Waals surface area contributed by atoms with Crippen LogP contribution in [0.2, 0.25) is 0 Å². The second kappa shape index (κ2) is 5.01. The highest BCUT2D eigenvalue weighted by atomic mass is 19.1. The molecule has 88 valence electrons. The second-order valence-electron chi connectivity index (χ2n) is 3.83. The maximum Gasteiger partial charge on any atom is 0.132 e. The molecule has 2 rings (SSSR count). The van der Waals surface area contributed by atoms with E-state index in [-0.39, 0.29) is 5.82 Å². The minimum absolute atomic E-state index is 0.274. The van der Waals surface area contributed by atoms with Crippen LogP contribution in [0.1, 0.15) is 11.5 Å². The summed E-state index contributed by atoms with van der Waals surface area (Å²) in [6.45, 7) is 2.35. The van der Waals surface area contributed by atoms with E-state index in [0.29, 0.717) is 30.0 Å². The van der Waals surface area contributed by atoms with Gasteiger partial charge in [-0.25, -0.2) is 14.4 Å². The van der Waals surface area contributed by atoms with Crippen molar-refractivity contribution in [1.29, 1.82) is 0 Å². The quantitative estimate of drug-likeness (QED) is 0.880. The zero-order valence-corrected chi connectivity index (χ0v) is 9.65. The Balaban J connectivity index is 2.48. The normalized spacial score (nSPS) is 10.5. The van der Waals surface area contributed by atoms with Crippen molar-refractivity contribution in [1.82, 2.24) is 9.97 Å². The highest BCUT2D eigenvalue weighted by Crippen LogP contribution is 2.21. The van der Waals surface area contributed by atoms with E-state index in [0.717, 1.165) is 5.69 Å². The lowest BCUT2D eigenvalue weighted by atomic mass is 10.1. The van der Waals surface area contributed by atoms with Crippen molar-refractivity contribution >= 4 is 0 Å². The van der Waals surface area contributed by atoms with Gasteiger partial charge in [-0.3, -0.25) is 0 Å². The van der Waals surface area contributed by atoms with Crippen LogP contribution in [-0.4, -0.2) is 16.5 Å². The Labute approximate surface area is 99.5 Å². The summed E-state index contributed by atoms with van der Waals surface area (Å²) in [6, 6.07) is 8.36. The highest BCUT2D eigenvalue weighted by molar-refractivity contribution is 5.59. The first-order valence-corrected chi connectivity index (χ1v) is 5.50. The van der Waals surface area contributed by atoms with Crippen LogP contribution >= 0.6 is 0 Å². The molecule has 0 fully saturated rings. The molecular formula is C13H14FN3. The molecule has 0 saturated carbocycles. The number of hydrogen-bond acceptors (Lipinski definition) is 3. The number of aromatic nitrogens is 2. The molecule has 0 aliphatic carbocycles. The fourth-order valence-corrected chi connectivity index (χ4v) is 1.68. The zero-order valence-electron chi connectivity index (χ0n) is 9.65. The smallest absolute Gasteiger partial charge is 0.132 e. The topological polar surface area (TPSA) is 51.8 Å². The molecule has 0 saturated heterocycles. The largest absolute Gasteiger partial charge is 0.330 e. The Kier molecular flexibility index (Phi) is 3.44. The first-order valence-electron chi connectivity index (χ1n) is 5.50. The van der Waals surface area contributed by atoms with Gasteiger partial charge in [0.2, 0.25) is 0 Å². The van der Waals surface area contributed by atoms with E-state index >= 15 is 0 Å².